The SMILES string of the molecule is CCCOc1cc(Br)cc2cc(C(=O)NC(C)(C)C)c(=O)oc12. The third-order valence-electron chi connectivity index (χ3n) is 2.96. The van der Waals surface area contributed by atoms with E-state index < -0.39 is 17.1 Å². The largest absolute Gasteiger partial charge is 0.490 e. The van der Waals surface area contributed by atoms with E-state index in [1.807, 2.05) is 27.7 Å². The highest BCUT2D eigenvalue weighted by Crippen LogP contribution is 2.30. The van der Waals surface area contributed by atoms with Gasteiger partial charge in [0.15, 0.2) is 11.3 Å². The Hall–Kier alpha value is -1.82. The smallest absolute Gasteiger partial charge is 0.349 e. The van der Waals surface area contributed by atoms with Crippen molar-refractivity contribution in [2.75, 3.05) is 6.61 Å². The van der Waals surface area contributed by atoms with Gasteiger partial charge in [-0.05, 0) is 45.4 Å². The molecule has 0 atom stereocenters. The number of rotatable bonds is 4. The quantitative estimate of drug-likeness (QED) is 0.816. The summed E-state index contributed by atoms with van der Waals surface area (Å²) in [6.07, 6.45) is 0.838. The monoisotopic (exact) mass is 381 g/mol. The number of nitrogens with one attached hydrogen (secondary N) is 1. The first-order valence-electron chi connectivity index (χ1n) is 7.44. The van der Waals surface area contributed by atoms with Crippen LogP contribution in [0.4, 0.5) is 0 Å². The fourth-order valence-electron chi connectivity index (χ4n) is 2.05. The fourth-order valence-corrected chi connectivity index (χ4v) is 2.51. The van der Waals surface area contributed by atoms with E-state index in [2.05, 4.69) is 21.2 Å². The zero-order valence-electron chi connectivity index (χ0n) is 13.7. The predicted octanol–water partition coefficient (Wildman–Crippen LogP) is 3.87. The summed E-state index contributed by atoms with van der Waals surface area (Å²) >= 11 is 3.40. The molecule has 0 aliphatic heterocycles. The average molecular weight is 382 g/mol. The molecule has 23 heavy (non-hydrogen) atoms. The Balaban J connectivity index is 2.53. The molecule has 0 unspecified atom stereocenters. The molecule has 0 aliphatic carbocycles. The molecule has 2 rings (SSSR count). The maximum atomic E-state index is 12.3. The van der Waals surface area contributed by atoms with Gasteiger partial charge in [0.05, 0.1) is 6.61 Å². The number of ether oxygens (including phenoxy) is 1. The number of fused-ring (bicyclic) bond motifs is 1. The minimum Gasteiger partial charge on any atom is -0.490 e. The van der Waals surface area contributed by atoms with Crippen molar-refractivity contribution in [2.24, 2.45) is 0 Å². The lowest BCUT2D eigenvalue weighted by Gasteiger charge is -2.20. The molecule has 0 spiro atoms. The molecule has 5 nitrogen and oxygen atoms in total. The first kappa shape index (κ1) is 17.5. The van der Waals surface area contributed by atoms with Crippen molar-refractivity contribution in [2.45, 2.75) is 39.7 Å². The van der Waals surface area contributed by atoms with Crippen LogP contribution in [0, 0.1) is 0 Å². The minimum atomic E-state index is -0.678. The first-order chi connectivity index (χ1) is 10.7. The molecule has 1 heterocycles. The molecular weight excluding hydrogens is 362 g/mol. The predicted molar refractivity (Wildman–Crippen MR) is 93.2 cm³/mol. The van der Waals surface area contributed by atoms with Crippen LogP contribution in [-0.4, -0.2) is 18.1 Å². The number of benzene rings is 1. The third-order valence-corrected chi connectivity index (χ3v) is 3.42. The summed E-state index contributed by atoms with van der Waals surface area (Å²) in [6.45, 7) is 8.05. The molecule has 0 aliphatic rings. The van der Waals surface area contributed by atoms with Crippen molar-refractivity contribution in [1.82, 2.24) is 5.32 Å². The lowest BCUT2D eigenvalue weighted by Crippen LogP contribution is -2.42. The van der Waals surface area contributed by atoms with E-state index in [0.29, 0.717) is 23.3 Å². The van der Waals surface area contributed by atoms with Crippen LogP contribution >= 0.6 is 15.9 Å². The van der Waals surface area contributed by atoms with Crippen molar-refractivity contribution in [3.05, 3.63) is 38.7 Å². The van der Waals surface area contributed by atoms with Crippen molar-refractivity contribution in [3.8, 4) is 5.75 Å². The van der Waals surface area contributed by atoms with Gasteiger partial charge in [-0.25, -0.2) is 4.79 Å². The molecule has 1 aromatic carbocycles. The van der Waals surface area contributed by atoms with Crippen LogP contribution in [0.1, 0.15) is 44.5 Å². The van der Waals surface area contributed by atoms with Gasteiger partial charge in [0.1, 0.15) is 5.56 Å². The molecule has 0 bridgehead atoms. The van der Waals surface area contributed by atoms with Crippen LogP contribution in [0.15, 0.2) is 31.9 Å². The molecule has 0 fully saturated rings. The molecule has 2 aromatic rings. The molecule has 0 saturated heterocycles. The van der Waals surface area contributed by atoms with Crippen molar-refractivity contribution in [3.63, 3.8) is 0 Å². The maximum Gasteiger partial charge on any atom is 0.349 e. The maximum absolute atomic E-state index is 12.3. The second-order valence-corrected chi connectivity index (χ2v) is 7.24. The highest BCUT2D eigenvalue weighted by Gasteiger charge is 2.20. The van der Waals surface area contributed by atoms with Crippen LogP contribution in [0.5, 0.6) is 5.75 Å². The van der Waals surface area contributed by atoms with E-state index in [1.165, 1.54) is 6.07 Å². The van der Waals surface area contributed by atoms with E-state index in [4.69, 9.17) is 9.15 Å². The lowest BCUT2D eigenvalue weighted by atomic mass is 10.1. The van der Waals surface area contributed by atoms with E-state index in [9.17, 15) is 9.59 Å². The van der Waals surface area contributed by atoms with Gasteiger partial charge < -0.3 is 14.5 Å². The molecule has 124 valence electrons. The van der Waals surface area contributed by atoms with Crippen LogP contribution in [0.25, 0.3) is 11.0 Å². The van der Waals surface area contributed by atoms with Crippen LogP contribution in [-0.2, 0) is 0 Å². The Kier molecular flexibility index (Phi) is 5.14. The molecule has 0 saturated carbocycles. The minimum absolute atomic E-state index is 0.0213. The van der Waals surface area contributed by atoms with Gasteiger partial charge in [-0.15, -0.1) is 0 Å². The Morgan fingerprint density at radius 1 is 1.30 bits per heavy atom. The Bertz CT molecular complexity index is 790. The summed E-state index contributed by atoms with van der Waals surface area (Å²) in [4.78, 5) is 24.4. The Morgan fingerprint density at radius 2 is 2.00 bits per heavy atom. The standard InChI is InChI=1S/C17H20BrNO4/c1-5-6-22-13-9-11(18)7-10-8-12(16(21)23-14(10)13)15(20)19-17(2,3)4/h7-9H,5-6H2,1-4H3,(H,19,20). The second-order valence-electron chi connectivity index (χ2n) is 6.32. The number of hydrogen-bond acceptors (Lipinski definition) is 4. The number of halogens is 1. The van der Waals surface area contributed by atoms with Gasteiger partial charge in [0, 0.05) is 15.4 Å². The van der Waals surface area contributed by atoms with Gasteiger partial charge in [-0.2, -0.15) is 0 Å². The summed E-state index contributed by atoms with van der Waals surface area (Å²) in [5, 5.41) is 3.39. The Labute approximate surface area is 143 Å². The third kappa shape index (κ3) is 4.34. The van der Waals surface area contributed by atoms with Crippen molar-refractivity contribution >= 4 is 32.8 Å². The summed E-state index contributed by atoms with van der Waals surface area (Å²) in [5.74, 6) is 0.0280. The first-order valence-corrected chi connectivity index (χ1v) is 8.23. The van der Waals surface area contributed by atoms with E-state index >= 15 is 0 Å². The number of carbonyl (C=O) groups excluding carboxylic acids is 1. The summed E-state index contributed by atoms with van der Waals surface area (Å²) < 4.78 is 11.8. The number of carbonyl (C=O) groups is 1. The topological polar surface area (TPSA) is 68.5 Å². The summed E-state index contributed by atoms with van der Waals surface area (Å²) in [6, 6.07) is 5.06. The summed E-state index contributed by atoms with van der Waals surface area (Å²) in [7, 11) is 0. The van der Waals surface area contributed by atoms with Gasteiger partial charge in [0.25, 0.3) is 5.91 Å². The zero-order chi connectivity index (χ0) is 17.2. The Morgan fingerprint density at radius 3 is 2.61 bits per heavy atom. The van der Waals surface area contributed by atoms with Gasteiger partial charge in [0.2, 0.25) is 0 Å². The molecule has 1 aromatic heterocycles. The van der Waals surface area contributed by atoms with E-state index in [-0.39, 0.29) is 5.56 Å². The zero-order valence-corrected chi connectivity index (χ0v) is 15.2. The molecule has 6 heteroatoms. The van der Waals surface area contributed by atoms with Crippen LogP contribution in [0.3, 0.4) is 0 Å². The average Bonchev–Trinajstić information content (AvgIpc) is 2.42. The van der Waals surface area contributed by atoms with Crippen LogP contribution < -0.4 is 15.7 Å². The number of hydrogen-bond donors (Lipinski definition) is 1. The highest BCUT2D eigenvalue weighted by atomic mass is 79.9. The molecule has 1 N–H and O–H groups in total. The van der Waals surface area contributed by atoms with Gasteiger partial charge in [-0.1, -0.05) is 22.9 Å². The lowest BCUT2D eigenvalue weighted by molar-refractivity contribution is 0.0916. The van der Waals surface area contributed by atoms with Crippen molar-refractivity contribution < 1.29 is 13.9 Å². The highest BCUT2D eigenvalue weighted by molar-refractivity contribution is 9.10. The van der Waals surface area contributed by atoms with Crippen molar-refractivity contribution in [1.29, 1.82) is 0 Å². The second kappa shape index (κ2) is 6.74. The molecule has 0 radical (unpaired) electrons. The number of amides is 1. The molecule has 1 amide bonds. The molecular formula is C17H20BrNO4. The van der Waals surface area contributed by atoms with E-state index in [0.717, 1.165) is 10.9 Å². The van der Waals surface area contributed by atoms with E-state index in [1.54, 1.807) is 12.1 Å². The van der Waals surface area contributed by atoms with Crippen LogP contribution in [0.2, 0.25) is 0 Å². The van der Waals surface area contributed by atoms with Gasteiger partial charge >= 0.3 is 5.63 Å². The van der Waals surface area contributed by atoms with Gasteiger partial charge in [-0.3, -0.25) is 4.79 Å². The summed E-state index contributed by atoms with van der Waals surface area (Å²) in [5.41, 5.74) is -0.792. The normalized spacial score (nSPS) is 11.5. The fraction of sp³-hybridized carbons (Fsp3) is 0.412.